The minimum atomic E-state index is 0.212. The maximum absolute atomic E-state index is 12.1. The first-order valence-electron chi connectivity index (χ1n) is 7.65. The van der Waals surface area contributed by atoms with E-state index in [1.807, 2.05) is 42.5 Å². The van der Waals surface area contributed by atoms with Crippen molar-refractivity contribution in [3.05, 3.63) is 65.7 Å². The molecule has 0 unspecified atom stereocenters. The van der Waals surface area contributed by atoms with Gasteiger partial charge in [0.05, 0.1) is 6.10 Å². The van der Waals surface area contributed by atoms with E-state index in [9.17, 15) is 4.79 Å². The number of benzene rings is 2. The second-order valence-electron chi connectivity index (χ2n) is 5.60. The highest BCUT2D eigenvalue weighted by molar-refractivity contribution is 5.96. The van der Waals surface area contributed by atoms with E-state index in [0.717, 1.165) is 37.0 Å². The lowest BCUT2D eigenvalue weighted by Crippen LogP contribution is -2.01. The summed E-state index contributed by atoms with van der Waals surface area (Å²) in [5, 5.41) is 0. The van der Waals surface area contributed by atoms with Crippen molar-refractivity contribution < 1.29 is 9.53 Å². The van der Waals surface area contributed by atoms with E-state index in [-0.39, 0.29) is 5.78 Å². The van der Waals surface area contributed by atoms with Crippen LogP contribution in [0.5, 0.6) is 5.75 Å². The number of ether oxygens (including phenoxy) is 1. The van der Waals surface area contributed by atoms with E-state index in [4.69, 9.17) is 4.74 Å². The van der Waals surface area contributed by atoms with Gasteiger partial charge in [-0.25, -0.2) is 0 Å². The quantitative estimate of drug-likeness (QED) is 0.701. The van der Waals surface area contributed by atoms with Crippen LogP contribution in [0, 0.1) is 0 Å². The fourth-order valence-corrected chi connectivity index (χ4v) is 2.34. The molecule has 1 aliphatic carbocycles. The summed E-state index contributed by atoms with van der Waals surface area (Å²) in [4.78, 5) is 12.1. The number of hydrogen-bond acceptors (Lipinski definition) is 2. The molecule has 0 spiro atoms. The third kappa shape index (κ3) is 4.19. The maximum Gasteiger partial charge on any atom is 0.162 e. The zero-order chi connectivity index (χ0) is 14.5. The number of ketones is 1. The van der Waals surface area contributed by atoms with Gasteiger partial charge in [-0.2, -0.15) is 0 Å². The average Bonchev–Trinajstić information content (AvgIpc) is 3.33. The summed E-state index contributed by atoms with van der Waals surface area (Å²) < 4.78 is 5.69. The molecule has 0 atom stereocenters. The Morgan fingerprint density at radius 1 is 1.00 bits per heavy atom. The van der Waals surface area contributed by atoms with Crippen LogP contribution in [-0.2, 0) is 6.42 Å². The lowest BCUT2D eigenvalue weighted by atomic mass is 10.0. The fourth-order valence-electron chi connectivity index (χ4n) is 2.34. The first-order valence-corrected chi connectivity index (χ1v) is 7.65. The molecule has 21 heavy (non-hydrogen) atoms. The molecule has 3 rings (SSSR count). The van der Waals surface area contributed by atoms with Gasteiger partial charge in [0.25, 0.3) is 0 Å². The number of carbonyl (C=O) groups is 1. The van der Waals surface area contributed by atoms with Crippen LogP contribution in [0.2, 0.25) is 0 Å². The molecule has 0 saturated heterocycles. The molecular weight excluding hydrogens is 260 g/mol. The zero-order valence-electron chi connectivity index (χ0n) is 12.1. The Balaban J connectivity index is 1.48. The van der Waals surface area contributed by atoms with Crippen molar-refractivity contribution in [2.75, 3.05) is 0 Å². The smallest absolute Gasteiger partial charge is 0.162 e. The highest BCUT2D eigenvalue weighted by Crippen LogP contribution is 2.26. The molecule has 108 valence electrons. The second kappa shape index (κ2) is 6.57. The van der Waals surface area contributed by atoms with Crippen molar-refractivity contribution in [1.29, 1.82) is 0 Å². The van der Waals surface area contributed by atoms with Crippen LogP contribution >= 0.6 is 0 Å². The van der Waals surface area contributed by atoms with Crippen molar-refractivity contribution in [2.24, 2.45) is 0 Å². The molecule has 1 saturated carbocycles. The molecule has 0 radical (unpaired) electrons. The van der Waals surface area contributed by atoms with E-state index >= 15 is 0 Å². The predicted octanol–water partition coefficient (Wildman–Crippen LogP) is 4.43. The minimum Gasteiger partial charge on any atom is -0.490 e. The molecule has 0 aliphatic heterocycles. The van der Waals surface area contributed by atoms with Crippen molar-refractivity contribution in [3.63, 3.8) is 0 Å². The third-order valence-electron chi connectivity index (χ3n) is 3.72. The number of aryl methyl sites for hydroxylation is 1. The minimum absolute atomic E-state index is 0.212. The molecule has 2 nitrogen and oxygen atoms in total. The summed E-state index contributed by atoms with van der Waals surface area (Å²) in [5.41, 5.74) is 2.07. The lowest BCUT2D eigenvalue weighted by molar-refractivity contribution is 0.0980. The Kier molecular flexibility index (Phi) is 4.34. The SMILES string of the molecule is O=C(CCCc1ccccc1)c1ccc(OC2CC2)cc1. The van der Waals surface area contributed by atoms with Gasteiger partial charge >= 0.3 is 0 Å². The standard InChI is InChI=1S/C19H20O2/c20-19(8-4-7-15-5-2-1-3-6-15)16-9-11-17(12-10-16)21-18-13-14-18/h1-3,5-6,9-12,18H,4,7-8,13-14H2. The molecule has 0 aromatic heterocycles. The highest BCUT2D eigenvalue weighted by Gasteiger charge is 2.23. The molecule has 1 aliphatic rings. The van der Waals surface area contributed by atoms with Gasteiger partial charge in [0.2, 0.25) is 0 Å². The molecule has 0 heterocycles. The van der Waals surface area contributed by atoms with E-state index < -0.39 is 0 Å². The molecule has 0 bridgehead atoms. The molecule has 0 N–H and O–H groups in total. The molecule has 0 amide bonds. The van der Waals surface area contributed by atoms with Gasteiger partial charge in [0.1, 0.15) is 5.75 Å². The van der Waals surface area contributed by atoms with Gasteiger partial charge in [0.15, 0.2) is 5.78 Å². The summed E-state index contributed by atoms with van der Waals surface area (Å²) >= 11 is 0. The number of carbonyl (C=O) groups excluding carboxylic acids is 1. The number of rotatable bonds is 7. The van der Waals surface area contributed by atoms with Crippen LogP contribution in [-0.4, -0.2) is 11.9 Å². The molecule has 2 heteroatoms. The van der Waals surface area contributed by atoms with Crippen molar-refractivity contribution in [1.82, 2.24) is 0 Å². The van der Waals surface area contributed by atoms with Gasteiger partial charge in [-0.3, -0.25) is 4.79 Å². The van der Waals surface area contributed by atoms with Gasteiger partial charge in [-0.15, -0.1) is 0 Å². The monoisotopic (exact) mass is 280 g/mol. The summed E-state index contributed by atoms with van der Waals surface area (Å²) in [5.74, 6) is 1.09. The first kappa shape index (κ1) is 13.9. The Hall–Kier alpha value is -2.09. The average molecular weight is 280 g/mol. The van der Waals surface area contributed by atoms with Gasteiger partial charge in [0, 0.05) is 12.0 Å². The van der Waals surface area contributed by atoms with Crippen LogP contribution in [0.15, 0.2) is 54.6 Å². The van der Waals surface area contributed by atoms with Crippen LogP contribution in [0.1, 0.15) is 41.6 Å². The zero-order valence-corrected chi connectivity index (χ0v) is 12.1. The molecule has 2 aromatic carbocycles. The fraction of sp³-hybridized carbons (Fsp3) is 0.316. The van der Waals surface area contributed by atoms with Gasteiger partial charge in [-0.05, 0) is 55.5 Å². The number of Topliss-reactive ketones (excluding diaryl/α,β-unsaturated/α-hetero) is 1. The molecule has 2 aromatic rings. The normalized spacial score (nSPS) is 13.9. The van der Waals surface area contributed by atoms with Crippen LogP contribution in [0.4, 0.5) is 0 Å². The summed E-state index contributed by atoms with van der Waals surface area (Å²) in [7, 11) is 0. The van der Waals surface area contributed by atoms with E-state index in [2.05, 4.69) is 12.1 Å². The van der Waals surface area contributed by atoms with E-state index in [1.54, 1.807) is 0 Å². The second-order valence-corrected chi connectivity index (χ2v) is 5.60. The Labute approximate surface area is 125 Å². The molecular formula is C19H20O2. The van der Waals surface area contributed by atoms with E-state index in [0.29, 0.717) is 12.5 Å². The largest absolute Gasteiger partial charge is 0.490 e. The third-order valence-corrected chi connectivity index (χ3v) is 3.72. The Bertz CT molecular complexity index is 583. The van der Waals surface area contributed by atoms with Crippen molar-refractivity contribution in [3.8, 4) is 5.75 Å². The highest BCUT2D eigenvalue weighted by atomic mass is 16.5. The number of hydrogen-bond donors (Lipinski definition) is 0. The van der Waals surface area contributed by atoms with Gasteiger partial charge in [-0.1, -0.05) is 30.3 Å². The Morgan fingerprint density at radius 2 is 1.71 bits per heavy atom. The predicted molar refractivity (Wildman–Crippen MR) is 83.8 cm³/mol. The maximum atomic E-state index is 12.1. The lowest BCUT2D eigenvalue weighted by Gasteiger charge is -2.05. The first-order chi connectivity index (χ1) is 10.3. The topological polar surface area (TPSA) is 26.3 Å². The van der Waals surface area contributed by atoms with Crippen LogP contribution < -0.4 is 4.74 Å². The van der Waals surface area contributed by atoms with Crippen LogP contribution in [0.3, 0.4) is 0 Å². The summed E-state index contributed by atoms with van der Waals surface area (Å²) in [6.07, 6.45) is 5.15. The summed E-state index contributed by atoms with van der Waals surface area (Å²) in [6, 6.07) is 17.9. The summed E-state index contributed by atoms with van der Waals surface area (Å²) in [6.45, 7) is 0. The van der Waals surface area contributed by atoms with E-state index in [1.165, 1.54) is 5.56 Å². The van der Waals surface area contributed by atoms with Crippen molar-refractivity contribution >= 4 is 5.78 Å². The van der Waals surface area contributed by atoms with Crippen LogP contribution in [0.25, 0.3) is 0 Å². The van der Waals surface area contributed by atoms with Crippen molar-refractivity contribution in [2.45, 2.75) is 38.2 Å². The van der Waals surface area contributed by atoms with Gasteiger partial charge < -0.3 is 4.74 Å². The molecule has 1 fully saturated rings. The Morgan fingerprint density at radius 3 is 2.38 bits per heavy atom.